The lowest BCUT2D eigenvalue weighted by Crippen LogP contribution is -2.16. The summed E-state index contributed by atoms with van der Waals surface area (Å²) in [5.41, 5.74) is 2.72. The third kappa shape index (κ3) is 5.68. The summed E-state index contributed by atoms with van der Waals surface area (Å²) in [7, 11) is 1.65. The Balaban J connectivity index is 2.41. The Morgan fingerprint density at radius 3 is 2.12 bits per heavy atom. The summed E-state index contributed by atoms with van der Waals surface area (Å²) in [4.78, 5) is 13.2. The Kier molecular flexibility index (Phi) is 8.16. The molecule has 2 rings (SSSR count). The molecule has 0 atom stereocenters. The van der Waals surface area contributed by atoms with E-state index in [9.17, 15) is 4.79 Å². The van der Waals surface area contributed by atoms with Gasteiger partial charge in [0.15, 0.2) is 5.78 Å². The van der Waals surface area contributed by atoms with E-state index in [1.54, 1.807) is 30.6 Å². The molecule has 0 aliphatic heterocycles. The molecule has 132 valence electrons. The minimum Gasteiger partial charge on any atom is -0.497 e. The van der Waals surface area contributed by atoms with Crippen LogP contribution < -0.4 is 4.74 Å². The average molecular weight is 373 g/mol. The van der Waals surface area contributed by atoms with Crippen molar-refractivity contribution in [3.63, 3.8) is 0 Å². The normalized spacial score (nSPS) is 11.6. The maximum atomic E-state index is 13.2. The van der Waals surface area contributed by atoms with E-state index in [4.69, 9.17) is 4.74 Å². The van der Waals surface area contributed by atoms with E-state index >= 15 is 0 Å². The highest BCUT2D eigenvalue weighted by Gasteiger charge is 2.23. The first-order valence-corrected chi connectivity index (χ1v) is 10.5. The van der Waals surface area contributed by atoms with Crippen LogP contribution in [0.4, 0.5) is 0 Å². The smallest absolute Gasteiger partial charge is 0.186 e. The van der Waals surface area contributed by atoms with Crippen molar-refractivity contribution < 1.29 is 9.53 Å². The predicted octanol–water partition coefficient (Wildman–Crippen LogP) is 5.64. The number of hydrogen-bond donors (Lipinski definition) is 0. The van der Waals surface area contributed by atoms with Gasteiger partial charge in [-0.25, -0.2) is 0 Å². The zero-order valence-corrected chi connectivity index (χ0v) is 16.5. The van der Waals surface area contributed by atoms with Gasteiger partial charge in [0.05, 0.1) is 7.11 Å². The van der Waals surface area contributed by atoms with E-state index in [0.29, 0.717) is 0 Å². The van der Waals surface area contributed by atoms with Crippen LogP contribution in [0.25, 0.3) is 11.6 Å². The molecule has 0 amide bonds. The van der Waals surface area contributed by atoms with Crippen LogP contribution in [0.15, 0.2) is 54.6 Å². The van der Waals surface area contributed by atoms with E-state index in [1.807, 2.05) is 60.7 Å². The minimum absolute atomic E-state index is 0.0697. The van der Waals surface area contributed by atoms with Gasteiger partial charge in [0.25, 0.3) is 0 Å². The molecule has 2 aromatic carbocycles. The standard InChI is InChI=1S/C21H24O2S2/c1-4-24-21(25-5-2)20(22)19(17-9-7-6-8-10-17)15-16-11-13-18(23-3)14-12-16/h6-15,21H,4-5H2,1-3H3. The van der Waals surface area contributed by atoms with Crippen molar-refractivity contribution in [3.8, 4) is 5.75 Å². The van der Waals surface area contributed by atoms with Gasteiger partial charge in [-0.05, 0) is 40.8 Å². The molecule has 0 N–H and O–H groups in total. The van der Waals surface area contributed by atoms with Crippen molar-refractivity contribution in [1.82, 2.24) is 0 Å². The molecule has 0 fully saturated rings. The molecule has 4 heteroatoms. The van der Waals surface area contributed by atoms with Gasteiger partial charge in [-0.2, -0.15) is 0 Å². The number of ether oxygens (including phenoxy) is 1. The number of thioether (sulfide) groups is 2. The van der Waals surface area contributed by atoms with Crippen LogP contribution in [-0.2, 0) is 4.79 Å². The van der Waals surface area contributed by atoms with Crippen molar-refractivity contribution >= 4 is 41.0 Å². The lowest BCUT2D eigenvalue weighted by Gasteiger charge is -2.16. The van der Waals surface area contributed by atoms with Gasteiger partial charge in [0, 0.05) is 5.57 Å². The topological polar surface area (TPSA) is 26.3 Å². The third-order valence-corrected chi connectivity index (χ3v) is 6.14. The quantitative estimate of drug-likeness (QED) is 0.323. The molecule has 0 saturated heterocycles. The molecule has 0 heterocycles. The Bertz CT molecular complexity index is 688. The molecular weight excluding hydrogens is 348 g/mol. The highest BCUT2D eigenvalue weighted by atomic mass is 32.2. The van der Waals surface area contributed by atoms with Crippen LogP contribution >= 0.6 is 23.5 Å². The molecule has 25 heavy (non-hydrogen) atoms. The zero-order chi connectivity index (χ0) is 18.1. The van der Waals surface area contributed by atoms with E-state index in [2.05, 4.69) is 13.8 Å². The summed E-state index contributed by atoms with van der Waals surface area (Å²) in [5.74, 6) is 2.84. The molecule has 2 nitrogen and oxygen atoms in total. The lowest BCUT2D eigenvalue weighted by molar-refractivity contribution is -0.111. The summed E-state index contributed by atoms with van der Waals surface area (Å²) in [6.45, 7) is 4.19. The molecule has 0 aromatic heterocycles. The van der Waals surface area contributed by atoms with Crippen LogP contribution in [0.5, 0.6) is 5.75 Å². The van der Waals surface area contributed by atoms with Crippen molar-refractivity contribution in [3.05, 3.63) is 65.7 Å². The monoisotopic (exact) mass is 372 g/mol. The average Bonchev–Trinajstić information content (AvgIpc) is 2.66. The fraction of sp³-hybridized carbons (Fsp3) is 0.286. The van der Waals surface area contributed by atoms with Gasteiger partial charge >= 0.3 is 0 Å². The third-order valence-electron chi connectivity index (χ3n) is 3.63. The number of benzene rings is 2. The number of carbonyl (C=O) groups excluding carboxylic acids is 1. The Morgan fingerprint density at radius 1 is 1.00 bits per heavy atom. The number of methoxy groups -OCH3 is 1. The lowest BCUT2D eigenvalue weighted by atomic mass is 9.99. The predicted molar refractivity (Wildman–Crippen MR) is 112 cm³/mol. The summed E-state index contributed by atoms with van der Waals surface area (Å²) in [6, 6.07) is 17.7. The Labute approximate surface area is 159 Å². The van der Waals surface area contributed by atoms with Gasteiger partial charge in [-0.3, -0.25) is 4.79 Å². The number of allylic oxidation sites excluding steroid dienone is 1. The molecule has 0 radical (unpaired) electrons. The fourth-order valence-corrected chi connectivity index (χ4v) is 4.77. The summed E-state index contributed by atoms with van der Waals surface area (Å²) in [5, 5.41) is 0. The van der Waals surface area contributed by atoms with Crippen molar-refractivity contribution in [2.75, 3.05) is 18.6 Å². The molecule has 2 aromatic rings. The molecule has 0 unspecified atom stereocenters. The number of hydrogen-bond acceptors (Lipinski definition) is 4. The second-order valence-corrected chi connectivity index (χ2v) is 8.37. The number of ketones is 1. The first-order chi connectivity index (χ1) is 12.2. The first kappa shape index (κ1) is 19.7. The van der Waals surface area contributed by atoms with E-state index in [-0.39, 0.29) is 10.4 Å². The summed E-state index contributed by atoms with van der Waals surface area (Å²) >= 11 is 3.40. The van der Waals surface area contributed by atoms with Crippen molar-refractivity contribution in [1.29, 1.82) is 0 Å². The maximum absolute atomic E-state index is 13.2. The largest absolute Gasteiger partial charge is 0.497 e. The van der Waals surface area contributed by atoms with Crippen LogP contribution in [-0.4, -0.2) is 29.0 Å². The molecule has 0 aliphatic rings. The van der Waals surface area contributed by atoms with Gasteiger partial charge in [-0.15, -0.1) is 23.5 Å². The van der Waals surface area contributed by atoms with E-state index in [0.717, 1.165) is 34.0 Å². The molecular formula is C21H24O2S2. The van der Waals surface area contributed by atoms with Crippen LogP contribution in [0.3, 0.4) is 0 Å². The van der Waals surface area contributed by atoms with Crippen LogP contribution in [0.1, 0.15) is 25.0 Å². The maximum Gasteiger partial charge on any atom is 0.186 e. The fourth-order valence-electron chi connectivity index (χ4n) is 2.41. The molecule has 0 saturated carbocycles. The van der Waals surface area contributed by atoms with Crippen molar-refractivity contribution in [2.24, 2.45) is 0 Å². The van der Waals surface area contributed by atoms with Gasteiger partial charge in [0.2, 0.25) is 0 Å². The highest BCUT2D eigenvalue weighted by Crippen LogP contribution is 2.31. The van der Waals surface area contributed by atoms with Gasteiger partial charge in [0.1, 0.15) is 10.3 Å². The van der Waals surface area contributed by atoms with Crippen LogP contribution in [0.2, 0.25) is 0 Å². The second kappa shape index (κ2) is 10.4. The van der Waals surface area contributed by atoms with E-state index in [1.165, 1.54) is 0 Å². The highest BCUT2D eigenvalue weighted by molar-refractivity contribution is 8.18. The van der Waals surface area contributed by atoms with E-state index < -0.39 is 0 Å². The SMILES string of the molecule is CCSC(SCC)C(=O)C(=Cc1ccc(OC)cc1)c1ccccc1. The number of carbonyl (C=O) groups is 1. The number of Topliss-reactive ketones (excluding diaryl/α,β-unsaturated/α-hetero) is 1. The molecule has 0 aliphatic carbocycles. The summed E-state index contributed by atoms with van der Waals surface area (Å²) in [6.07, 6.45) is 1.98. The van der Waals surface area contributed by atoms with Gasteiger partial charge in [-0.1, -0.05) is 56.3 Å². The Hall–Kier alpha value is -1.65. The summed E-state index contributed by atoms with van der Waals surface area (Å²) < 4.78 is 5.14. The van der Waals surface area contributed by atoms with Crippen molar-refractivity contribution in [2.45, 2.75) is 18.4 Å². The van der Waals surface area contributed by atoms with Gasteiger partial charge < -0.3 is 4.74 Å². The Morgan fingerprint density at radius 2 is 1.60 bits per heavy atom. The molecule has 0 spiro atoms. The second-order valence-electron chi connectivity index (χ2n) is 5.30. The molecule has 0 bridgehead atoms. The van der Waals surface area contributed by atoms with Crippen LogP contribution in [0, 0.1) is 0 Å². The minimum atomic E-state index is -0.0697. The zero-order valence-electron chi connectivity index (χ0n) is 14.9. The first-order valence-electron chi connectivity index (χ1n) is 8.38. The number of rotatable bonds is 9.